The molecule has 1 atom stereocenters. The summed E-state index contributed by atoms with van der Waals surface area (Å²) >= 11 is 1.91. The molecule has 1 spiro atoms. The van der Waals surface area contributed by atoms with Gasteiger partial charge in [0, 0.05) is 6.42 Å². The Kier molecular flexibility index (Phi) is 1.52. The van der Waals surface area contributed by atoms with Gasteiger partial charge in [0.25, 0.3) is 0 Å². The molecule has 56 valence electrons. The van der Waals surface area contributed by atoms with Crippen molar-refractivity contribution in [3.8, 4) is 0 Å². The lowest BCUT2D eigenvalue weighted by Gasteiger charge is -2.18. The first kappa shape index (κ1) is 6.71. The molecule has 1 aliphatic carbocycles. The largest absolute Gasteiger partial charge is 0.298 e. The number of hydrogen-bond acceptors (Lipinski definition) is 2. The Hall–Kier alpha value is 0.0200. The van der Waals surface area contributed by atoms with Gasteiger partial charge in [-0.3, -0.25) is 4.79 Å². The van der Waals surface area contributed by atoms with Gasteiger partial charge >= 0.3 is 0 Å². The first-order chi connectivity index (χ1) is 4.83. The Morgan fingerprint density at radius 1 is 1.30 bits per heavy atom. The lowest BCUT2D eigenvalue weighted by atomic mass is 10.0. The summed E-state index contributed by atoms with van der Waals surface area (Å²) in [4.78, 5) is 11.4. The van der Waals surface area contributed by atoms with E-state index in [1.54, 1.807) is 0 Å². The van der Waals surface area contributed by atoms with E-state index < -0.39 is 0 Å². The SMILES string of the molecule is O=C1CCCC12CCCS2. The molecule has 10 heavy (non-hydrogen) atoms. The van der Waals surface area contributed by atoms with E-state index in [1.807, 2.05) is 11.8 Å². The summed E-state index contributed by atoms with van der Waals surface area (Å²) in [6.45, 7) is 0. The average Bonchev–Trinajstić information content (AvgIpc) is 2.48. The van der Waals surface area contributed by atoms with Crippen molar-refractivity contribution >= 4 is 17.5 Å². The van der Waals surface area contributed by atoms with Crippen LogP contribution in [-0.4, -0.2) is 16.3 Å². The molecule has 0 bridgehead atoms. The zero-order valence-electron chi connectivity index (χ0n) is 6.06. The van der Waals surface area contributed by atoms with Crippen LogP contribution in [0.2, 0.25) is 0 Å². The molecule has 1 nitrogen and oxygen atoms in total. The van der Waals surface area contributed by atoms with Gasteiger partial charge in [0.15, 0.2) is 0 Å². The zero-order chi connectivity index (χ0) is 7.03. The van der Waals surface area contributed by atoms with Crippen LogP contribution < -0.4 is 0 Å². The first-order valence-corrected chi connectivity index (χ1v) is 4.99. The Bertz CT molecular complexity index is 153. The standard InChI is InChI=1S/C8H12OS/c9-7-3-1-4-8(7)5-2-6-10-8/h1-6H2. The quantitative estimate of drug-likeness (QED) is 0.533. The molecule has 2 aliphatic rings. The molecule has 0 aromatic carbocycles. The molecule has 1 saturated carbocycles. The van der Waals surface area contributed by atoms with E-state index in [1.165, 1.54) is 12.2 Å². The lowest BCUT2D eigenvalue weighted by Crippen LogP contribution is -2.25. The van der Waals surface area contributed by atoms with Gasteiger partial charge in [0.05, 0.1) is 4.75 Å². The van der Waals surface area contributed by atoms with E-state index in [2.05, 4.69) is 0 Å². The minimum Gasteiger partial charge on any atom is -0.298 e. The molecule has 1 saturated heterocycles. The third kappa shape index (κ3) is 0.815. The van der Waals surface area contributed by atoms with Crippen LogP contribution in [0.25, 0.3) is 0 Å². The monoisotopic (exact) mass is 156 g/mol. The van der Waals surface area contributed by atoms with Gasteiger partial charge in [-0.25, -0.2) is 0 Å². The second kappa shape index (κ2) is 2.26. The van der Waals surface area contributed by atoms with E-state index in [9.17, 15) is 4.79 Å². The number of thioether (sulfide) groups is 1. The van der Waals surface area contributed by atoms with Crippen molar-refractivity contribution in [3.63, 3.8) is 0 Å². The van der Waals surface area contributed by atoms with E-state index in [0.717, 1.165) is 25.7 Å². The number of rotatable bonds is 0. The molecule has 0 aromatic rings. The predicted molar refractivity (Wildman–Crippen MR) is 43.3 cm³/mol. The van der Waals surface area contributed by atoms with Gasteiger partial charge in [-0.1, -0.05) is 0 Å². The molecule has 0 amide bonds. The van der Waals surface area contributed by atoms with E-state index in [-0.39, 0.29) is 4.75 Å². The smallest absolute Gasteiger partial charge is 0.148 e. The predicted octanol–water partition coefficient (Wildman–Crippen LogP) is 2.01. The topological polar surface area (TPSA) is 17.1 Å². The third-order valence-corrected chi connectivity index (χ3v) is 4.28. The normalized spacial score (nSPS) is 39.8. The molecule has 2 rings (SSSR count). The summed E-state index contributed by atoms with van der Waals surface area (Å²) in [6.07, 6.45) is 5.59. The summed E-state index contributed by atoms with van der Waals surface area (Å²) < 4.78 is 0.125. The van der Waals surface area contributed by atoms with Crippen LogP contribution in [0.15, 0.2) is 0 Å². The van der Waals surface area contributed by atoms with Crippen molar-refractivity contribution in [3.05, 3.63) is 0 Å². The first-order valence-electron chi connectivity index (χ1n) is 4.01. The molecule has 0 N–H and O–H groups in total. The molecule has 1 aliphatic heterocycles. The van der Waals surface area contributed by atoms with Gasteiger partial charge < -0.3 is 0 Å². The number of carbonyl (C=O) groups excluding carboxylic acids is 1. The second-order valence-corrected chi connectivity index (χ2v) is 4.70. The van der Waals surface area contributed by atoms with Gasteiger partial charge in [-0.05, 0) is 31.4 Å². The van der Waals surface area contributed by atoms with Crippen molar-refractivity contribution in [2.45, 2.75) is 36.9 Å². The van der Waals surface area contributed by atoms with Crippen LogP contribution in [0, 0.1) is 0 Å². The minimum absolute atomic E-state index is 0.125. The number of Topliss-reactive ketones (excluding diaryl/α,β-unsaturated/α-hetero) is 1. The summed E-state index contributed by atoms with van der Waals surface area (Å²) in [5.74, 6) is 1.75. The van der Waals surface area contributed by atoms with Gasteiger partial charge in [0.1, 0.15) is 5.78 Å². The fraction of sp³-hybridized carbons (Fsp3) is 0.875. The molecule has 0 radical (unpaired) electrons. The molecule has 0 aromatic heterocycles. The highest BCUT2D eigenvalue weighted by atomic mass is 32.2. The maximum atomic E-state index is 11.4. The van der Waals surface area contributed by atoms with Crippen molar-refractivity contribution in [2.24, 2.45) is 0 Å². The van der Waals surface area contributed by atoms with Gasteiger partial charge in [0.2, 0.25) is 0 Å². The molecule has 1 unspecified atom stereocenters. The average molecular weight is 156 g/mol. The minimum atomic E-state index is 0.125. The van der Waals surface area contributed by atoms with Crippen LogP contribution in [-0.2, 0) is 4.79 Å². The van der Waals surface area contributed by atoms with Crippen molar-refractivity contribution in [2.75, 3.05) is 5.75 Å². The molecular weight excluding hydrogens is 144 g/mol. The van der Waals surface area contributed by atoms with Gasteiger partial charge in [-0.15, -0.1) is 11.8 Å². The second-order valence-electron chi connectivity index (χ2n) is 3.22. The molecular formula is C8H12OS. The Labute approximate surface area is 65.6 Å². The Morgan fingerprint density at radius 2 is 2.10 bits per heavy atom. The number of hydrogen-bond donors (Lipinski definition) is 0. The van der Waals surface area contributed by atoms with E-state index in [0.29, 0.717) is 5.78 Å². The van der Waals surface area contributed by atoms with Crippen LogP contribution in [0.1, 0.15) is 32.1 Å². The number of carbonyl (C=O) groups is 1. The van der Waals surface area contributed by atoms with Crippen LogP contribution >= 0.6 is 11.8 Å². The van der Waals surface area contributed by atoms with Gasteiger partial charge in [-0.2, -0.15) is 0 Å². The summed E-state index contributed by atoms with van der Waals surface area (Å²) in [5.41, 5.74) is 0. The van der Waals surface area contributed by atoms with E-state index in [4.69, 9.17) is 0 Å². The van der Waals surface area contributed by atoms with Crippen molar-refractivity contribution in [1.29, 1.82) is 0 Å². The Morgan fingerprint density at radius 3 is 2.60 bits per heavy atom. The van der Waals surface area contributed by atoms with Crippen LogP contribution in [0.3, 0.4) is 0 Å². The fourth-order valence-corrected chi connectivity index (χ4v) is 3.54. The van der Waals surface area contributed by atoms with Crippen molar-refractivity contribution in [1.82, 2.24) is 0 Å². The summed E-state index contributed by atoms with van der Waals surface area (Å²) in [5, 5.41) is 0. The molecule has 2 fully saturated rings. The fourth-order valence-electron chi connectivity index (χ4n) is 2.02. The molecule has 1 heterocycles. The highest BCUT2D eigenvalue weighted by molar-refractivity contribution is 8.01. The molecule has 2 heteroatoms. The highest BCUT2D eigenvalue weighted by Gasteiger charge is 2.44. The summed E-state index contributed by atoms with van der Waals surface area (Å²) in [6, 6.07) is 0. The zero-order valence-corrected chi connectivity index (χ0v) is 6.88. The maximum Gasteiger partial charge on any atom is 0.148 e. The van der Waals surface area contributed by atoms with Crippen LogP contribution in [0.5, 0.6) is 0 Å². The van der Waals surface area contributed by atoms with Crippen molar-refractivity contribution < 1.29 is 4.79 Å². The summed E-state index contributed by atoms with van der Waals surface area (Å²) in [7, 11) is 0. The Balaban J connectivity index is 2.19. The number of ketones is 1. The highest BCUT2D eigenvalue weighted by Crippen LogP contribution is 2.47. The maximum absolute atomic E-state index is 11.4. The van der Waals surface area contributed by atoms with E-state index >= 15 is 0 Å². The third-order valence-electron chi connectivity index (χ3n) is 2.60. The van der Waals surface area contributed by atoms with Crippen LogP contribution in [0.4, 0.5) is 0 Å². The lowest BCUT2D eigenvalue weighted by molar-refractivity contribution is -0.119.